The van der Waals surface area contributed by atoms with Gasteiger partial charge in [0.2, 0.25) is 0 Å². The number of aryl methyl sites for hydroxylation is 2. The predicted molar refractivity (Wildman–Crippen MR) is 585 cm³/mol. The van der Waals surface area contributed by atoms with Gasteiger partial charge in [0.15, 0.2) is 11.6 Å². The molecule has 13 heteroatoms. The van der Waals surface area contributed by atoms with Crippen LogP contribution in [0, 0.1) is 11.3 Å². The number of nitrogen functional groups attached to an aromatic ring is 1. The molecule has 6 fully saturated rings. The van der Waals surface area contributed by atoms with Crippen molar-refractivity contribution in [1.29, 1.82) is 5.26 Å². The van der Waals surface area contributed by atoms with Crippen molar-refractivity contribution in [3.8, 4) is 6.07 Å². The molecule has 0 radical (unpaired) electrons. The number of hydrogen-bond donors (Lipinski definition) is 3. The molecule has 0 aromatic heterocycles. The smallest absolute Gasteiger partial charge is 0.170 e. The summed E-state index contributed by atoms with van der Waals surface area (Å²) in [6, 6.07) is 97.4. The molecule has 0 atom stereocenters. The van der Waals surface area contributed by atoms with E-state index in [0.29, 0.717) is 18.6 Å². The van der Waals surface area contributed by atoms with Gasteiger partial charge in [0.05, 0.1) is 32.5 Å². The van der Waals surface area contributed by atoms with E-state index >= 15 is 0 Å². The minimum atomic E-state index is -0.462. The first-order chi connectivity index (χ1) is 64.1. The zero-order chi connectivity index (χ0) is 97.1. The number of ether oxygens (including phenoxy) is 4. The van der Waals surface area contributed by atoms with Crippen LogP contribution in [0.15, 0.2) is 273 Å². The summed E-state index contributed by atoms with van der Waals surface area (Å²) < 4.78 is 22.6. The Morgan fingerprint density at radius 2 is 0.576 bits per heavy atom. The maximum absolute atomic E-state index is 11.2. The van der Waals surface area contributed by atoms with Crippen LogP contribution in [0.3, 0.4) is 0 Å². The zero-order valence-electron chi connectivity index (χ0n) is 86.5. The normalized spacial score (nSPS) is 14.4. The summed E-state index contributed by atoms with van der Waals surface area (Å²) >= 11 is 0. The number of halogens is 1. The highest BCUT2D eigenvalue weighted by atomic mass is 19.0. The van der Waals surface area contributed by atoms with Gasteiger partial charge in [-0.1, -0.05) is 436 Å². The van der Waals surface area contributed by atoms with Crippen molar-refractivity contribution in [3.05, 3.63) is 301 Å². The monoisotopic (exact) mass is 1810 g/mol. The van der Waals surface area contributed by atoms with Crippen LogP contribution in [0.1, 0.15) is 268 Å². The number of fused-ring (bicyclic) bond motifs is 5. The van der Waals surface area contributed by atoms with Crippen LogP contribution in [0.4, 0.5) is 16.1 Å². The van der Waals surface area contributed by atoms with E-state index in [1.54, 1.807) is 0 Å². The van der Waals surface area contributed by atoms with E-state index in [9.17, 15) is 10.1 Å². The molecule has 0 saturated carbocycles. The van der Waals surface area contributed by atoms with Crippen LogP contribution in [-0.2, 0) is 56.2 Å². The number of benzene rings is 12. The van der Waals surface area contributed by atoms with Crippen LogP contribution < -0.4 is 16.4 Å². The molecule has 4 N–H and O–H groups in total. The van der Waals surface area contributed by atoms with Gasteiger partial charge < -0.3 is 35.3 Å². The lowest BCUT2D eigenvalue weighted by molar-refractivity contribution is -0.185. The Kier molecular flexibility index (Phi) is 76.5. The molecular weight excluding hydrogens is 1630 g/mol. The molecule has 0 bridgehead atoms. The van der Waals surface area contributed by atoms with E-state index in [0.717, 1.165) is 161 Å². The molecule has 12 aromatic rings. The molecule has 6 aliphatic heterocycles. The first-order valence-electron chi connectivity index (χ1n) is 50.4. The largest absolute Gasteiger partial charge is 0.399 e. The number of anilines is 2. The van der Waals surface area contributed by atoms with Crippen LogP contribution >= 0.6 is 0 Å². The number of carbonyl (C=O) groups excluding carboxylic acids is 1. The standard InChI is InChI=1S/C23H23N3.C18H21NO2.C16H17NO.2C12H12.C7H13NO2.C6H7N.12C2H6.CH4.FH.H2/c24-18-23(25-21-10-2-1-3-11-21)13-15-26(16-14-23)17-20-9-6-8-19-7-4-5-12-22(19)20;1-2-7-17-15(4-1)5-3-6-16(17)14-19-10-8-18(9-11-19)20-12-13-21-18;18-15-8-10-17(11-9-15)12-14-6-3-5-13-4-1-2-7-16(13)14;2*1-2-10-7-5-8-11-6-3-4-9-12(10)11;1-3-8-4-2-7(1)9-5-6-10-7;7-6-4-2-1-3-5-6;12*1-2;;;/h1-12,25H,13-17H2;1-7H,8-14H2;1-7H,8-12H2;2*3-9H,2H2,1H3;8H,1-6H2;1-5H,7H2;12*1-2H3;1H4;2*1H. The molecule has 6 saturated heterocycles. The molecule has 132 heavy (non-hydrogen) atoms. The third-order valence-corrected chi connectivity index (χ3v) is 21.2. The van der Waals surface area contributed by atoms with Gasteiger partial charge in [-0.15, -0.1) is 0 Å². The van der Waals surface area contributed by atoms with E-state index in [4.69, 9.17) is 24.7 Å². The second-order valence-corrected chi connectivity index (χ2v) is 28.3. The van der Waals surface area contributed by atoms with Gasteiger partial charge >= 0.3 is 0 Å². The number of hydrogen-bond acceptors (Lipinski definition) is 12. The van der Waals surface area contributed by atoms with E-state index < -0.39 is 5.54 Å². The molecule has 12 nitrogen and oxygen atoms in total. The van der Waals surface area contributed by atoms with Crippen LogP contribution in [-0.4, -0.2) is 116 Å². The number of nitrogens with zero attached hydrogens (tertiary/aromatic N) is 4. The minimum absolute atomic E-state index is 0. The van der Waals surface area contributed by atoms with Crippen LogP contribution in [0.2, 0.25) is 0 Å². The number of ketones is 1. The maximum atomic E-state index is 11.2. The highest BCUT2D eigenvalue weighted by Crippen LogP contribution is 2.34. The highest BCUT2D eigenvalue weighted by Gasteiger charge is 2.40. The molecule has 732 valence electrons. The quantitative estimate of drug-likeness (QED) is 0.112. The molecule has 0 aliphatic carbocycles. The predicted octanol–water partition coefficient (Wildman–Crippen LogP) is 32.5. The molecule has 6 aliphatic rings. The number of rotatable bonds is 10. The third-order valence-electron chi connectivity index (χ3n) is 21.2. The Morgan fingerprint density at radius 1 is 0.333 bits per heavy atom. The Hall–Kier alpha value is -9.69. The zero-order valence-corrected chi connectivity index (χ0v) is 86.5. The van der Waals surface area contributed by atoms with E-state index in [2.05, 4.69) is 258 Å². The van der Waals surface area contributed by atoms with Gasteiger partial charge in [-0.2, -0.15) is 5.26 Å². The topological polar surface area (TPSA) is 138 Å². The summed E-state index contributed by atoms with van der Waals surface area (Å²) in [5.74, 6) is -0.0512. The molecule has 6 heterocycles. The van der Waals surface area contributed by atoms with Gasteiger partial charge in [0, 0.05) is 123 Å². The van der Waals surface area contributed by atoms with E-state index in [-0.39, 0.29) is 25.1 Å². The number of carbonyl (C=O) groups is 1. The maximum Gasteiger partial charge on any atom is 0.170 e. The number of para-hydroxylation sites is 2. The van der Waals surface area contributed by atoms with Crippen molar-refractivity contribution in [2.75, 3.05) is 89.8 Å². The Labute approximate surface area is 806 Å². The van der Waals surface area contributed by atoms with E-state index in [1.807, 2.05) is 227 Å². The van der Waals surface area contributed by atoms with Gasteiger partial charge in [0.25, 0.3) is 0 Å². The van der Waals surface area contributed by atoms with Crippen LogP contribution in [0.5, 0.6) is 0 Å². The Balaban J connectivity index is -0.000000716. The summed E-state index contributed by atoms with van der Waals surface area (Å²) in [5, 5.41) is 29.9. The number of likely N-dealkylation sites (tertiary alicyclic amines) is 3. The number of piperidine rings is 4. The summed E-state index contributed by atoms with van der Waals surface area (Å²) in [6.45, 7) is 66.2. The van der Waals surface area contributed by atoms with Crippen molar-refractivity contribution in [2.45, 2.75) is 288 Å². The first-order valence-corrected chi connectivity index (χ1v) is 50.4. The SMILES string of the molecule is C.C1CC2(CCN1)OCCO2.CC.CC.CC.CC.CC.CC.CC.CC.CC.CC.CC.CC.CCc1cccc2ccccc12.CCc1cccc2ccccc12.F.N#CC1(Nc2ccccc2)CCN(Cc2cccc3ccccc23)CC1.Nc1ccccc1.O=C1CCN(Cc2cccc3ccccc23)CC1.[HH].c1ccc2c(CN3CCC4(CC3)OCCO4)cccc2c1. The first kappa shape index (κ1) is 126. The second-order valence-electron chi connectivity index (χ2n) is 28.3. The van der Waals surface area contributed by atoms with Gasteiger partial charge in [-0.25, -0.2) is 0 Å². The Morgan fingerprint density at radius 3 is 0.856 bits per heavy atom. The van der Waals surface area contributed by atoms with E-state index in [1.165, 1.54) is 81.7 Å². The lowest BCUT2D eigenvalue weighted by Gasteiger charge is -2.38. The number of nitrogens with one attached hydrogen (secondary N) is 2. The Bertz CT molecular complexity index is 4640. The van der Waals surface area contributed by atoms with Crippen molar-refractivity contribution in [2.24, 2.45) is 0 Å². The van der Waals surface area contributed by atoms with Gasteiger partial charge in [-0.05, 0) is 132 Å². The fourth-order valence-electron chi connectivity index (χ4n) is 15.2. The van der Waals surface area contributed by atoms with Gasteiger partial charge in [0.1, 0.15) is 11.3 Å². The number of nitrogens with two attached hydrogens (primary N) is 1. The highest BCUT2D eigenvalue weighted by molar-refractivity contribution is 5.89. The van der Waals surface area contributed by atoms with Crippen molar-refractivity contribution in [3.63, 3.8) is 0 Å². The van der Waals surface area contributed by atoms with Gasteiger partial charge in [-0.3, -0.25) is 24.2 Å². The molecule has 0 unspecified atom stereocenters. The second kappa shape index (κ2) is 79.8. The fourth-order valence-corrected chi connectivity index (χ4v) is 15.2. The number of Topliss-reactive ketones (excluding diaryl/α,β-unsaturated/α-hetero) is 1. The van der Waals surface area contributed by atoms with Crippen LogP contribution in [0.25, 0.3) is 53.9 Å². The third kappa shape index (κ3) is 44.0. The van der Waals surface area contributed by atoms with Crippen molar-refractivity contribution >= 4 is 71.0 Å². The molecule has 12 aromatic carbocycles. The fraction of sp³-hybridized carbons (Fsp3) is 0.462. The van der Waals surface area contributed by atoms with Crippen molar-refractivity contribution in [1.82, 2.24) is 20.0 Å². The molecular formula is C119H184FN7O5. The minimum Gasteiger partial charge on any atom is -0.399 e. The summed E-state index contributed by atoms with van der Waals surface area (Å²) in [5.41, 5.74) is 13.8. The summed E-state index contributed by atoms with van der Waals surface area (Å²) in [6.07, 6.45) is 9.31. The molecule has 18 rings (SSSR count). The summed E-state index contributed by atoms with van der Waals surface area (Å²) in [4.78, 5) is 18.6. The lowest BCUT2D eigenvalue weighted by Crippen LogP contribution is -2.48. The van der Waals surface area contributed by atoms with Crippen molar-refractivity contribution < 1.29 is 29.9 Å². The summed E-state index contributed by atoms with van der Waals surface area (Å²) in [7, 11) is 0. The average molecular weight is 1810 g/mol. The average Bonchev–Trinajstić information content (AvgIpc) is 1.69. The number of nitriles is 1. The molecule has 0 amide bonds. The molecule has 2 spiro atoms. The lowest BCUT2D eigenvalue weighted by atomic mass is 9.88.